The van der Waals surface area contributed by atoms with Crippen molar-refractivity contribution in [3.63, 3.8) is 0 Å². The fraction of sp³-hybridized carbons (Fsp3) is 0.200. The van der Waals surface area contributed by atoms with Crippen molar-refractivity contribution in [3.8, 4) is 0 Å². The zero-order valence-corrected chi connectivity index (χ0v) is 17.3. The molecular formula is C25H27N3O2. The van der Waals surface area contributed by atoms with E-state index in [9.17, 15) is 9.59 Å². The maximum atomic E-state index is 13.0. The van der Waals surface area contributed by atoms with E-state index >= 15 is 0 Å². The van der Waals surface area contributed by atoms with Crippen LogP contribution in [0.25, 0.3) is 0 Å². The van der Waals surface area contributed by atoms with E-state index < -0.39 is 6.04 Å². The second kappa shape index (κ2) is 9.74. The minimum absolute atomic E-state index is 0.201. The normalized spacial score (nSPS) is 11.5. The number of nitrogen functional groups attached to an aromatic ring is 1. The van der Waals surface area contributed by atoms with Crippen molar-refractivity contribution in [1.29, 1.82) is 0 Å². The van der Waals surface area contributed by atoms with Gasteiger partial charge in [0.25, 0.3) is 0 Å². The predicted molar refractivity (Wildman–Crippen MR) is 120 cm³/mol. The smallest absolute Gasteiger partial charge is 0.247 e. The van der Waals surface area contributed by atoms with Crippen molar-refractivity contribution in [2.24, 2.45) is 0 Å². The summed E-state index contributed by atoms with van der Waals surface area (Å²) in [6, 6.07) is 22.0. The SMILES string of the molecule is Cc1cccc(CC(=O)NC(C(=O)NCc2ccc(N)c(C)c2)c2ccccc2)c1. The Morgan fingerprint density at radius 2 is 1.67 bits per heavy atom. The Bertz CT molecular complexity index is 1030. The van der Waals surface area contributed by atoms with Gasteiger partial charge in [0.1, 0.15) is 6.04 Å². The first-order valence-electron chi connectivity index (χ1n) is 9.95. The van der Waals surface area contributed by atoms with E-state index in [2.05, 4.69) is 10.6 Å². The monoisotopic (exact) mass is 401 g/mol. The van der Waals surface area contributed by atoms with Gasteiger partial charge in [-0.05, 0) is 42.2 Å². The first-order valence-corrected chi connectivity index (χ1v) is 9.95. The summed E-state index contributed by atoms with van der Waals surface area (Å²) in [5, 5.41) is 5.81. The minimum Gasteiger partial charge on any atom is -0.399 e. The molecule has 0 saturated heterocycles. The Morgan fingerprint density at radius 1 is 0.900 bits per heavy atom. The number of hydrogen-bond donors (Lipinski definition) is 3. The molecule has 0 aromatic heterocycles. The Kier molecular flexibility index (Phi) is 6.86. The predicted octanol–water partition coefficient (Wildman–Crippen LogP) is 3.60. The van der Waals surface area contributed by atoms with Gasteiger partial charge in [0.2, 0.25) is 11.8 Å². The summed E-state index contributed by atoms with van der Waals surface area (Å²) in [7, 11) is 0. The molecule has 0 aliphatic carbocycles. The third-order valence-corrected chi connectivity index (χ3v) is 4.95. The maximum Gasteiger partial charge on any atom is 0.247 e. The second-order valence-electron chi connectivity index (χ2n) is 7.49. The number of benzene rings is 3. The zero-order valence-electron chi connectivity index (χ0n) is 17.3. The highest BCUT2D eigenvalue weighted by Gasteiger charge is 2.22. The van der Waals surface area contributed by atoms with Crippen LogP contribution in [0.2, 0.25) is 0 Å². The summed E-state index contributed by atoms with van der Waals surface area (Å²) in [4.78, 5) is 25.6. The van der Waals surface area contributed by atoms with Gasteiger partial charge in [-0.15, -0.1) is 0 Å². The molecule has 0 bridgehead atoms. The highest BCUT2D eigenvalue weighted by atomic mass is 16.2. The molecule has 5 nitrogen and oxygen atoms in total. The Hall–Kier alpha value is -3.60. The van der Waals surface area contributed by atoms with Crippen LogP contribution in [0.5, 0.6) is 0 Å². The van der Waals surface area contributed by atoms with Crippen LogP contribution < -0.4 is 16.4 Å². The standard InChI is InChI=1S/C25H27N3O2/c1-17-7-6-8-19(13-17)15-23(29)28-24(21-9-4-3-5-10-21)25(30)27-16-20-11-12-22(26)18(2)14-20/h3-14,24H,15-16,26H2,1-2H3,(H,27,30)(H,28,29). The van der Waals surface area contributed by atoms with Crippen LogP contribution >= 0.6 is 0 Å². The van der Waals surface area contributed by atoms with Crippen molar-refractivity contribution < 1.29 is 9.59 Å². The number of nitrogens with two attached hydrogens (primary N) is 1. The van der Waals surface area contributed by atoms with Gasteiger partial charge in [-0.25, -0.2) is 0 Å². The average molecular weight is 402 g/mol. The van der Waals surface area contributed by atoms with Gasteiger partial charge in [-0.1, -0.05) is 72.3 Å². The zero-order chi connectivity index (χ0) is 21.5. The quantitative estimate of drug-likeness (QED) is 0.529. The lowest BCUT2D eigenvalue weighted by Crippen LogP contribution is -2.40. The first kappa shape index (κ1) is 21.1. The topological polar surface area (TPSA) is 84.2 Å². The molecule has 0 saturated carbocycles. The maximum absolute atomic E-state index is 13.0. The van der Waals surface area contributed by atoms with Crippen LogP contribution in [-0.2, 0) is 22.6 Å². The highest BCUT2D eigenvalue weighted by molar-refractivity contribution is 5.89. The number of carbonyl (C=O) groups is 2. The van der Waals surface area contributed by atoms with Crippen molar-refractivity contribution >= 4 is 17.5 Å². The Morgan fingerprint density at radius 3 is 2.37 bits per heavy atom. The summed E-state index contributed by atoms with van der Waals surface area (Å²) in [5.41, 5.74) is 11.2. The molecule has 154 valence electrons. The summed E-state index contributed by atoms with van der Waals surface area (Å²) >= 11 is 0. The lowest BCUT2D eigenvalue weighted by molar-refractivity contribution is -0.129. The number of hydrogen-bond acceptors (Lipinski definition) is 3. The van der Waals surface area contributed by atoms with Crippen molar-refractivity contribution in [2.45, 2.75) is 32.9 Å². The molecule has 3 aromatic rings. The molecule has 0 radical (unpaired) electrons. The number of aryl methyl sites for hydroxylation is 2. The average Bonchev–Trinajstić information content (AvgIpc) is 2.73. The number of carbonyl (C=O) groups excluding carboxylic acids is 2. The second-order valence-corrected chi connectivity index (χ2v) is 7.49. The van der Waals surface area contributed by atoms with Crippen LogP contribution in [0.15, 0.2) is 72.8 Å². The summed E-state index contributed by atoms with van der Waals surface area (Å²) in [6.45, 7) is 4.27. The molecule has 3 rings (SSSR count). The van der Waals surface area contributed by atoms with E-state index in [4.69, 9.17) is 5.73 Å². The number of nitrogens with one attached hydrogen (secondary N) is 2. The molecule has 5 heteroatoms. The van der Waals surface area contributed by atoms with Crippen molar-refractivity contribution in [2.75, 3.05) is 5.73 Å². The Balaban J connectivity index is 1.71. The van der Waals surface area contributed by atoms with Gasteiger partial charge >= 0.3 is 0 Å². The molecule has 0 spiro atoms. The summed E-state index contributed by atoms with van der Waals surface area (Å²) < 4.78 is 0. The third-order valence-electron chi connectivity index (χ3n) is 4.95. The fourth-order valence-electron chi connectivity index (χ4n) is 3.30. The van der Waals surface area contributed by atoms with E-state index in [-0.39, 0.29) is 18.2 Å². The number of anilines is 1. The molecule has 3 aromatic carbocycles. The van der Waals surface area contributed by atoms with E-state index in [0.717, 1.165) is 33.5 Å². The summed E-state index contributed by atoms with van der Waals surface area (Å²) in [6.07, 6.45) is 0.218. The molecule has 1 atom stereocenters. The van der Waals surface area contributed by atoms with Crippen LogP contribution in [0.1, 0.15) is 33.9 Å². The van der Waals surface area contributed by atoms with Crippen LogP contribution in [0.3, 0.4) is 0 Å². The lowest BCUT2D eigenvalue weighted by atomic mass is 10.0. The van der Waals surface area contributed by atoms with Gasteiger partial charge < -0.3 is 16.4 Å². The van der Waals surface area contributed by atoms with Gasteiger partial charge in [0.05, 0.1) is 6.42 Å². The molecule has 2 amide bonds. The molecular weight excluding hydrogens is 374 g/mol. The highest BCUT2D eigenvalue weighted by Crippen LogP contribution is 2.16. The lowest BCUT2D eigenvalue weighted by Gasteiger charge is -2.19. The number of amides is 2. The molecule has 4 N–H and O–H groups in total. The molecule has 1 unspecified atom stereocenters. The van der Waals surface area contributed by atoms with Crippen LogP contribution in [0.4, 0.5) is 5.69 Å². The Labute approximate surface area is 177 Å². The minimum atomic E-state index is -0.765. The van der Waals surface area contributed by atoms with E-state index in [0.29, 0.717) is 6.54 Å². The van der Waals surface area contributed by atoms with Gasteiger partial charge in [-0.2, -0.15) is 0 Å². The van der Waals surface area contributed by atoms with Crippen LogP contribution in [-0.4, -0.2) is 11.8 Å². The van der Waals surface area contributed by atoms with Gasteiger partial charge in [-0.3, -0.25) is 9.59 Å². The molecule has 0 aliphatic heterocycles. The molecule has 0 heterocycles. The number of rotatable bonds is 7. The largest absolute Gasteiger partial charge is 0.399 e. The first-order chi connectivity index (χ1) is 14.4. The van der Waals surface area contributed by atoms with E-state index in [1.807, 2.05) is 86.6 Å². The van der Waals surface area contributed by atoms with Gasteiger partial charge in [0.15, 0.2) is 0 Å². The summed E-state index contributed by atoms with van der Waals surface area (Å²) in [5.74, 6) is -0.457. The van der Waals surface area contributed by atoms with Gasteiger partial charge in [0, 0.05) is 12.2 Å². The molecule has 30 heavy (non-hydrogen) atoms. The third kappa shape index (κ3) is 5.70. The van der Waals surface area contributed by atoms with E-state index in [1.165, 1.54) is 0 Å². The van der Waals surface area contributed by atoms with Crippen molar-refractivity contribution in [3.05, 3.63) is 101 Å². The molecule has 0 fully saturated rings. The molecule has 0 aliphatic rings. The van der Waals surface area contributed by atoms with Crippen LogP contribution in [0, 0.1) is 13.8 Å². The fourth-order valence-corrected chi connectivity index (χ4v) is 3.30. The van der Waals surface area contributed by atoms with Crippen molar-refractivity contribution in [1.82, 2.24) is 10.6 Å². The van der Waals surface area contributed by atoms with E-state index in [1.54, 1.807) is 0 Å².